The molecule has 9 heteroatoms. The van der Waals surface area contributed by atoms with Gasteiger partial charge in [-0.15, -0.1) is 0 Å². The number of rotatable bonds is 6. The van der Waals surface area contributed by atoms with Crippen LogP contribution in [0.1, 0.15) is 24.7 Å². The van der Waals surface area contributed by atoms with Crippen molar-refractivity contribution >= 4 is 16.9 Å². The van der Waals surface area contributed by atoms with Gasteiger partial charge in [0, 0.05) is 31.8 Å². The Labute approximate surface area is 137 Å². The molecule has 0 aliphatic heterocycles. The van der Waals surface area contributed by atoms with Gasteiger partial charge >= 0.3 is 5.69 Å². The van der Waals surface area contributed by atoms with E-state index in [0.29, 0.717) is 24.3 Å². The number of aromatic nitrogens is 6. The van der Waals surface area contributed by atoms with E-state index >= 15 is 0 Å². The highest BCUT2D eigenvalue weighted by atomic mass is 16.2. The monoisotopic (exact) mass is 329 g/mol. The zero-order chi connectivity index (χ0) is 17.1. The standard InChI is InChI=1S/C15H19N7O2/c1-3-4-11-19-12(10-8-18-22(2)13(10)20-11)16-6-5-9-7-17-15(24)21-14(9)23/h7-8H,3-6H2,1-2H3,(H,16,19,20)(H2,17,21,23,24). The smallest absolute Gasteiger partial charge is 0.325 e. The van der Waals surface area contributed by atoms with E-state index in [-0.39, 0.29) is 5.56 Å². The van der Waals surface area contributed by atoms with Crippen LogP contribution in [0, 0.1) is 0 Å². The minimum absolute atomic E-state index is 0.374. The number of fused-ring (bicyclic) bond motifs is 1. The summed E-state index contributed by atoms with van der Waals surface area (Å²) in [5.74, 6) is 1.47. The Balaban J connectivity index is 1.81. The molecular weight excluding hydrogens is 310 g/mol. The van der Waals surface area contributed by atoms with E-state index < -0.39 is 5.69 Å². The van der Waals surface area contributed by atoms with Crippen LogP contribution in [0.3, 0.4) is 0 Å². The third-order valence-corrected chi connectivity index (χ3v) is 3.70. The summed E-state index contributed by atoms with van der Waals surface area (Å²) in [6, 6.07) is 0. The molecule has 0 saturated heterocycles. The fraction of sp³-hybridized carbons (Fsp3) is 0.400. The van der Waals surface area contributed by atoms with Crippen molar-refractivity contribution in [2.24, 2.45) is 7.05 Å². The average molecular weight is 329 g/mol. The zero-order valence-corrected chi connectivity index (χ0v) is 13.6. The summed E-state index contributed by atoms with van der Waals surface area (Å²) in [7, 11) is 1.84. The van der Waals surface area contributed by atoms with Crippen molar-refractivity contribution in [2.75, 3.05) is 11.9 Å². The third kappa shape index (κ3) is 3.19. The Bertz CT molecular complexity index is 970. The minimum atomic E-state index is -0.506. The fourth-order valence-corrected chi connectivity index (χ4v) is 2.48. The number of H-pyrrole nitrogens is 2. The predicted octanol–water partition coefficient (Wildman–Crippen LogP) is 0.347. The summed E-state index contributed by atoms with van der Waals surface area (Å²) >= 11 is 0. The first-order valence-electron chi connectivity index (χ1n) is 7.82. The lowest BCUT2D eigenvalue weighted by molar-refractivity contribution is 0.772. The second-order valence-corrected chi connectivity index (χ2v) is 5.52. The third-order valence-electron chi connectivity index (χ3n) is 3.70. The van der Waals surface area contributed by atoms with Crippen LogP contribution in [0.2, 0.25) is 0 Å². The maximum absolute atomic E-state index is 11.7. The van der Waals surface area contributed by atoms with Crippen LogP contribution in [-0.2, 0) is 19.9 Å². The molecule has 0 aromatic carbocycles. The molecule has 0 unspecified atom stereocenters. The number of hydrogen-bond donors (Lipinski definition) is 3. The minimum Gasteiger partial charge on any atom is -0.369 e. The molecule has 0 saturated carbocycles. The summed E-state index contributed by atoms with van der Waals surface area (Å²) in [5, 5.41) is 8.31. The van der Waals surface area contributed by atoms with Gasteiger partial charge in [0.1, 0.15) is 11.6 Å². The largest absolute Gasteiger partial charge is 0.369 e. The Morgan fingerprint density at radius 1 is 1.25 bits per heavy atom. The van der Waals surface area contributed by atoms with Gasteiger partial charge in [0.25, 0.3) is 5.56 Å². The first-order chi connectivity index (χ1) is 11.6. The molecule has 3 heterocycles. The molecule has 3 aromatic heterocycles. The molecule has 0 aliphatic rings. The maximum Gasteiger partial charge on any atom is 0.325 e. The predicted molar refractivity (Wildman–Crippen MR) is 90.2 cm³/mol. The van der Waals surface area contributed by atoms with Crippen LogP contribution in [0.4, 0.5) is 5.82 Å². The van der Waals surface area contributed by atoms with Gasteiger partial charge in [0.15, 0.2) is 5.65 Å². The number of nitrogens with one attached hydrogen (secondary N) is 3. The Morgan fingerprint density at radius 2 is 2.08 bits per heavy atom. The molecule has 3 rings (SSSR count). The first-order valence-corrected chi connectivity index (χ1v) is 7.82. The van der Waals surface area contributed by atoms with Gasteiger partial charge in [0.2, 0.25) is 0 Å². The lowest BCUT2D eigenvalue weighted by Crippen LogP contribution is -2.25. The van der Waals surface area contributed by atoms with E-state index in [4.69, 9.17) is 0 Å². The zero-order valence-electron chi connectivity index (χ0n) is 13.6. The summed E-state index contributed by atoms with van der Waals surface area (Å²) < 4.78 is 1.72. The molecular formula is C15H19N7O2. The highest BCUT2D eigenvalue weighted by molar-refractivity contribution is 5.86. The molecule has 3 N–H and O–H groups in total. The number of aryl methyl sites for hydroxylation is 2. The summed E-state index contributed by atoms with van der Waals surface area (Å²) in [6.45, 7) is 2.58. The van der Waals surface area contributed by atoms with Crippen molar-refractivity contribution in [3.8, 4) is 0 Å². The highest BCUT2D eigenvalue weighted by Crippen LogP contribution is 2.19. The molecule has 3 aromatic rings. The van der Waals surface area contributed by atoms with E-state index in [2.05, 4.69) is 37.3 Å². The lowest BCUT2D eigenvalue weighted by Gasteiger charge is -2.08. The Morgan fingerprint density at radius 3 is 2.83 bits per heavy atom. The number of hydrogen-bond acceptors (Lipinski definition) is 6. The molecule has 0 spiro atoms. The second kappa shape index (κ2) is 6.65. The topological polar surface area (TPSA) is 121 Å². The average Bonchev–Trinajstić information content (AvgIpc) is 2.91. The van der Waals surface area contributed by atoms with Crippen LogP contribution in [0.15, 0.2) is 22.0 Å². The number of nitrogens with zero attached hydrogens (tertiary/aromatic N) is 4. The normalized spacial score (nSPS) is 11.1. The molecule has 9 nitrogen and oxygen atoms in total. The Kier molecular flexibility index (Phi) is 4.41. The fourth-order valence-electron chi connectivity index (χ4n) is 2.48. The van der Waals surface area contributed by atoms with Crippen molar-refractivity contribution < 1.29 is 0 Å². The highest BCUT2D eigenvalue weighted by Gasteiger charge is 2.11. The second-order valence-electron chi connectivity index (χ2n) is 5.52. The van der Waals surface area contributed by atoms with Crippen LogP contribution in [-0.4, -0.2) is 36.3 Å². The van der Waals surface area contributed by atoms with Gasteiger partial charge in [-0.3, -0.25) is 14.5 Å². The molecule has 0 atom stereocenters. The van der Waals surface area contributed by atoms with Crippen molar-refractivity contribution in [3.05, 3.63) is 44.6 Å². The molecule has 0 radical (unpaired) electrons. The van der Waals surface area contributed by atoms with E-state index in [1.807, 2.05) is 7.05 Å². The molecule has 0 aliphatic carbocycles. The number of anilines is 1. The quantitative estimate of drug-likeness (QED) is 0.600. The number of aromatic amines is 2. The summed E-state index contributed by atoms with van der Waals surface area (Å²) in [5.41, 5.74) is 0.403. The van der Waals surface area contributed by atoms with Gasteiger partial charge in [-0.2, -0.15) is 5.10 Å². The Hall–Kier alpha value is -2.97. The van der Waals surface area contributed by atoms with Crippen LogP contribution in [0.5, 0.6) is 0 Å². The van der Waals surface area contributed by atoms with Crippen LogP contribution < -0.4 is 16.6 Å². The molecule has 24 heavy (non-hydrogen) atoms. The van der Waals surface area contributed by atoms with E-state index in [1.54, 1.807) is 10.9 Å². The molecule has 126 valence electrons. The van der Waals surface area contributed by atoms with Gasteiger partial charge in [-0.05, 0) is 12.8 Å². The lowest BCUT2D eigenvalue weighted by atomic mass is 10.2. The SMILES string of the molecule is CCCc1nc(NCCc2c[nH]c(=O)[nH]c2=O)c2cnn(C)c2n1. The first kappa shape index (κ1) is 15.9. The van der Waals surface area contributed by atoms with Gasteiger partial charge in [0.05, 0.1) is 11.6 Å². The van der Waals surface area contributed by atoms with Gasteiger partial charge in [-0.25, -0.2) is 14.8 Å². The molecule has 0 amide bonds. The van der Waals surface area contributed by atoms with Gasteiger partial charge < -0.3 is 10.3 Å². The van der Waals surface area contributed by atoms with E-state index in [9.17, 15) is 9.59 Å². The van der Waals surface area contributed by atoms with Crippen molar-refractivity contribution in [2.45, 2.75) is 26.2 Å². The van der Waals surface area contributed by atoms with Crippen molar-refractivity contribution in [3.63, 3.8) is 0 Å². The molecule has 0 bridgehead atoms. The van der Waals surface area contributed by atoms with Crippen molar-refractivity contribution in [1.82, 2.24) is 29.7 Å². The van der Waals surface area contributed by atoms with Crippen LogP contribution >= 0.6 is 0 Å². The maximum atomic E-state index is 11.7. The van der Waals surface area contributed by atoms with Gasteiger partial charge in [-0.1, -0.05) is 6.92 Å². The van der Waals surface area contributed by atoms with Crippen LogP contribution in [0.25, 0.3) is 11.0 Å². The van der Waals surface area contributed by atoms with E-state index in [0.717, 1.165) is 29.7 Å². The molecule has 0 fully saturated rings. The van der Waals surface area contributed by atoms with Crippen molar-refractivity contribution in [1.29, 1.82) is 0 Å². The summed E-state index contributed by atoms with van der Waals surface area (Å²) in [6.07, 6.45) is 5.36. The van der Waals surface area contributed by atoms with E-state index in [1.165, 1.54) is 6.20 Å². The summed E-state index contributed by atoms with van der Waals surface area (Å²) in [4.78, 5) is 36.5.